The van der Waals surface area contributed by atoms with Gasteiger partial charge in [-0.1, -0.05) is 13.2 Å². The van der Waals surface area contributed by atoms with Crippen LogP contribution in [0, 0.1) is 0 Å². The number of aliphatic carboxylic acids is 1. The van der Waals surface area contributed by atoms with Crippen LogP contribution in [0.3, 0.4) is 0 Å². The summed E-state index contributed by atoms with van der Waals surface area (Å²) >= 11 is 0. The quantitative estimate of drug-likeness (QED) is 0.360. The summed E-state index contributed by atoms with van der Waals surface area (Å²) in [5.74, 6) is -0.986. The molecule has 0 aliphatic carbocycles. The molecular formula is C7H10N2O2. The Morgan fingerprint density at radius 3 is 2.55 bits per heavy atom. The number of hydrogen-bond acceptors (Lipinski definition) is 3. The zero-order chi connectivity index (χ0) is 8.85. The molecule has 0 unspecified atom stereocenters. The topological polar surface area (TPSA) is 52.9 Å². The Morgan fingerprint density at radius 1 is 1.73 bits per heavy atom. The molecule has 1 N–H and O–H groups in total. The van der Waals surface area contributed by atoms with E-state index in [9.17, 15) is 4.79 Å². The van der Waals surface area contributed by atoms with Crippen molar-refractivity contribution in [2.24, 2.45) is 5.10 Å². The molecule has 0 aliphatic rings. The maximum Gasteiger partial charge on any atom is 0.325 e. The summed E-state index contributed by atoms with van der Waals surface area (Å²) in [4.78, 5) is 10.2. The first-order valence-electron chi connectivity index (χ1n) is 2.89. The van der Waals surface area contributed by atoms with Crippen LogP contribution in [0.1, 0.15) is 0 Å². The molecule has 0 aromatic heterocycles. The van der Waals surface area contributed by atoms with E-state index < -0.39 is 5.97 Å². The van der Waals surface area contributed by atoms with E-state index in [-0.39, 0.29) is 6.54 Å². The van der Waals surface area contributed by atoms with E-state index in [4.69, 9.17) is 5.11 Å². The summed E-state index contributed by atoms with van der Waals surface area (Å²) in [7, 11) is 0. The van der Waals surface area contributed by atoms with Crippen LogP contribution in [0.4, 0.5) is 0 Å². The highest BCUT2D eigenvalue weighted by atomic mass is 16.4. The van der Waals surface area contributed by atoms with Gasteiger partial charge in [0.1, 0.15) is 6.54 Å². The number of hydrazone groups is 1. The van der Waals surface area contributed by atoms with Gasteiger partial charge in [-0.05, 0) is 6.08 Å². The SMILES string of the molecule is C=CC(=C)N(CC(=O)O)N=C. The molecule has 4 heteroatoms. The summed E-state index contributed by atoms with van der Waals surface area (Å²) in [6.07, 6.45) is 1.41. The first kappa shape index (κ1) is 9.42. The predicted molar refractivity (Wildman–Crippen MR) is 43.2 cm³/mol. The number of allylic oxidation sites excluding steroid dienone is 1. The lowest BCUT2D eigenvalue weighted by atomic mass is 10.4. The van der Waals surface area contributed by atoms with Crippen molar-refractivity contribution < 1.29 is 9.90 Å². The second kappa shape index (κ2) is 4.27. The van der Waals surface area contributed by atoms with Crippen LogP contribution < -0.4 is 0 Å². The molecule has 0 rings (SSSR count). The maximum atomic E-state index is 10.2. The van der Waals surface area contributed by atoms with E-state index in [1.165, 1.54) is 6.08 Å². The van der Waals surface area contributed by atoms with Crippen LogP contribution in [-0.2, 0) is 4.79 Å². The van der Waals surface area contributed by atoms with E-state index >= 15 is 0 Å². The highest BCUT2D eigenvalue weighted by molar-refractivity contribution is 5.69. The fourth-order valence-corrected chi connectivity index (χ4v) is 0.476. The molecule has 4 nitrogen and oxygen atoms in total. The van der Waals surface area contributed by atoms with E-state index in [1.54, 1.807) is 0 Å². The molecule has 0 heterocycles. The zero-order valence-corrected chi connectivity index (χ0v) is 6.16. The monoisotopic (exact) mass is 154 g/mol. The fourth-order valence-electron chi connectivity index (χ4n) is 0.476. The third kappa shape index (κ3) is 3.20. The zero-order valence-electron chi connectivity index (χ0n) is 6.16. The molecule has 0 bridgehead atoms. The van der Waals surface area contributed by atoms with Crippen molar-refractivity contribution in [1.29, 1.82) is 0 Å². The summed E-state index contributed by atoms with van der Waals surface area (Å²) in [5, 5.41) is 12.9. The molecule has 0 aliphatic heterocycles. The summed E-state index contributed by atoms with van der Waals surface area (Å²) in [6, 6.07) is 0. The van der Waals surface area contributed by atoms with Crippen molar-refractivity contribution in [3.63, 3.8) is 0 Å². The van der Waals surface area contributed by atoms with Gasteiger partial charge in [0.2, 0.25) is 0 Å². The molecule has 0 atom stereocenters. The van der Waals surface area contributed by atoms with Gasteiger partial charge in [0, 0.05) is 6.72 Å². The third-order valence-corrected chi connectivity index (χ3v) is 1.02. The van der Waals surface area contributed by atoms with E-state index in [0.717, 1.165) is 5.01 Å². The first-order valence-corrected chi connectivity index (χ1v) is 2.89. The van der Waals surface area contributed by atoms with Crippen molar-refractivity contribution in [3.8, 4) is 0 Å². The molecule has 0 fully saturated rings. The minimum atomic E-state index is -0.986. The highest BCUT2D eigenvalue weighted by Crippen LogP contribution is 2.01. The number of hydrogen-bond donors (Lipinski definition) is 1. The molecule has 0 aromatic carbocycles. The van der Waals surface area contributed by atoms with Crippen LogP contribution in [0.2, 0.25) is 0 Å². The molecule has 0 spiro atoms. The smallest absolute Gasteiger partial charge is 0.325 e. The predicted octanol–water partition coefficient (Wildman–Crippen LogP) is 0.688. The van der Waals surface area contributed by atoms with Gasteiger partial charge in [-0.3, -0.25) is 9.80 Å². The van der Waals surface area contributed by atoms with E-state index in [2.05, 4.69) is 25.0 Å². The normalized spacial score (nSPS) is 8.36. The van der Waals surface area contributed by atoms with Crippen LogP contribution in [0.5, 0.6) is 0 Å². The Morgan fingerprint density at radius 2 is 2.27 bits per heavy atom. The number of rotatable bonds is 5. The van der Waals surface area contributed by atoms with Crippen molar-refractivity contribution >= 4 is 12.7 Å². The van der Waals surface area contributed by atoms with E-state index in [0.29, 0.717) is 5.70 Å². The van der Waals surface area contributed by atoms with Crippen molar-refractivity contribution in [2.75, 3.05) is 6.54 Å². The summed E-state index contributed by atoms with van der Waals surface area (Å²) in [5.41, 5.74) is 0.419. The van der Waals surface area contributed by atoms with Crippen molar-refractivity contribution in [2.45, 2.75) is 0 Å². The van der Waals surface area contributed by atoms with Gasteiger partial charge in [-0.2, -0.15) is 5.10 Å². The van der Waals surface area contributed by atoms with Crippen LogP contribution in [0.15, 0.2) is 30.0 Å². The number of carboxylic acids is 1. The highest BCUT2D eigenvalue weighted by Gasteiger charge is 2.06. The van der Waals surface area contributed by atoms with Gasteiger partial charge >= 0.3 is 5.97 Å². The molecule has 0 saturated heterocycles. The average Bonchev–Trinajstić information content (AvgIpc) is 1.98. The Kier molecular flexibility index (Phi) is 3.66. The van der Waals surface area contributed by atoms with E-state index in [1.807, 2.05) is 0 Å². The lowest BCUT2D eigenvalue weighted by Gasteiger charge is -2.14. The number of nitrogens with zero attached hydrogens (tertiary/aromatic N) is 2. The molecule has 0 saturated carbocycles. The Hall–Kier alpha value is -1.58. The minimum absolute atomic E-state index is 0.242. The largest absolute Gasteiger partial charge is 0.480 e. The lowest BCUT2D eigenvalue weighted by Crippen LogP contribution is -2.22. The number of carbonyl (C=O) groups is 1. The maximum absolute atomic E-state index is 10.2. The van der Waals surface area contributed by atoms with Gasteiger partial charge < -0.3 is 5.11 Å². The molecule has 60 valence electrons. The van der Waals surface area contributed by atoms with Gasteiger partial charge in [0.05, 0.1) is 5.70 Å². The molecule has 0 aromatic rings. The van der Waals surface area contributed by atoms with Gasteiger partial charge in [-0.25, -0.2) is 0 Å². The average molecular weight is 154 g/mol. The Labute approximate surface area is 65.1 Å². The number of carboxylic acid groups (broad SMARTS) is 1. The standard InChI is InChI=1S/C7H10N2O2/c1-4-6(2)9(8-3)5-7(10)11/h4H,1-3,5H2,(H,10,11). The third-order valence-electron chi connectivity index (χ3n) is 1.02. The second-order valence-corrected chi connectivity index (χ2v) is 1.79. The fraction of sp³-hybridized carbons (Fsp3) is 0.143. The molecule has 0 radical (unpaired) electrons. The summed E-state index contributed by atoms with van der Waals surface area (Å²) < 4.78 is 0. The summed E-state index contributed by atoms with van der Waals surface area (Å²) in [6.45, 7) is 9.87. The Balaban J connectivity index is 4.16. The van der Waals surface area contributed by atoms with Crippen LogP contribution in [-0.4, -0.2) is 29.3 Å². The second-order valence-electron chi connectivity index (χ2n) is 1.79. The molecule has 11 heavy (non-hydrogen) atoms. The van der Waals surface area contributed by atoms with Gasteiger partial charge in [0.25, 0.3) is 0 Å². The van der Waals surface area contributed by atoms with Crippen molar-refractivity contribution in [3.05, 3.63) is 24.9 Å². The van der Waals surface area contributed by atoms with Gasteiger partial charge in [0.15, 0.2) is 0 Å². The van der Waals surface area contributed by atoms with Crippen LogP contribution >= 0.6 is 0 Å². The molecular weight excluding hydrogens is 144 g/mol. The van der Waals surface area contributed by atoms with Gasteiger partial charge in [-0.15, -0.1) is 0 Å². The van der Waals surface area contributed by atoms with Crippen molar-refractivity contribution in [1.82, 2.24) is 5.01 Å². The minimum Gasteiger partial charge on any atom is -0.480 e. The lowest BCUT2D eigenvalue weighted by molar-refractivity contribution is -0.137. The van der Waals surface area contributed by atoms with Crippen LogP contribution in [0.25, 0.3) is 0 Å². The Bertz CT molecular complexity index is 199. The molecule has 0 amide bonds. The first-order chi connectivity index (χ1) is 5.11.